The van der Waals surface area contributed by atoms with Gasteiger partial charge in [-0.15, -0.1) is 0 Å². The van der Waals surface area contributed by atoms with Gasteiger partial charge in [0.15, 0.2) is 6.10 Å². The van der Waals surface area contributed by atoms with Crippen LogP contribution >= 0.6 is 0 Å². The van der Waals surface area contributed by atoms with E-state index in [1.807, 2.05) is 0 Å². The number of rotatable bonds is 60. The fourth-order valence-corrected chi connectivity index (χ4v) is 9.91. The maximum Gasteiger partial charge on any atom is 0.306 e. The summed E-state index contributed by atoms with van der Waals surface area (Å²) in [5, 5.41) is 0. The lowest BCUT2D eigenvalue weighted by molar-refractivity contribution is -0.167. The normalized spacial score (nSPS) is 12.0. The van der Waals surface area contributed by atoms with E-state index < -0.39 is 6.10 Å². The Kier molecular flexibility index (Phi) is 59.1. The van der Waals surface area contributed by atoms with E-state index >= 15 is 0 Å². The maximum absolute atomic E-state index is 12.9. The number of esters is 3. The van der Waals surface area contributed by atoms with E-state index in [0.29, 0.717) is 19.3 Å². The third-order valence-corrected chi connectivity index (χ3v) is 14.8. The van der Waals surface area contributed by atoms with Crippen LogP contribution in [0, 0.1) is 0 Å². The van der Waals surface area contributed by atoms with Gasteiger partial charge in [0.2, 0.25) is 0 Å². The largest absolute Gasteiger partial charge is 0.462 e. The molecule has 0 aromatic heterocycles. The summed E-state index contributed by atoms with van der Waals surface area (Å²) in [4.78, 5) is 38.3. The Bertz CT molecular complexity index is 1100. The van der Waals surface area contributed by atoms with Crippen molar-refractivity contribution < 1.29 is 28.6 Å². The summed E-state index contributed by atoms with van der Waals surface area (Å²) in [5.74, 6) is -0.843. The van der Waals surface area contributed by atoms with Crippen molar-refractivity contribution in [3.05, 3.63) is 12.2 Å². The second-order valence-corrected chi connectivity index (χ2v) is 22.0. The van der Waals surface area contributed by atoms with Crippen LogP contribution in [-0.4, -0.2) is 37.2 Å². The van der Waals surface area contributed by atoms with Crippen LogP contribution in [0.2, 0.25) is 0 Å². The summed E-state index contributed by atoms with van der Waals surface area (Å²) in [6.07, 6.45) is 70.7. The molecular weight excluding hydrogens is 877 g/mol. The first-order chi connectivity index (χ1) is 35.0. The Morgan fingerprint density at radius 1 is 0.268 bits per heavy atom. The Balaban J connectivity index is 4.30. The number of ether oxygens (including phenoxy) is 3. The second-order valence-electron chi connectivity index (χ2n) is 22.0. The highest BCUT2D eigenvalue weighted by Crippen LogP contribution is 2.18. The molecule has 0 fully saturated rings. The number of carbonyl (C=O) groups excluding carboxylic acids is 3. The first-order valence-corrected chi connectivity index (χ1v) is 32.2. The summed E-state index contributed by atoms with van der Waals surface area (Å²) in [7, 11) is 0. The monoisotopic (exact) mass is 1000 g/mol. The lowest BCUT2D eigenvalue weighted by atomic mass is 10.0. The fourth-order valence-electron chi connectivity index (χ4n) is 9.91. The van der Waals surface area contributed by atoms with Crippen molar-refractivity contribution in [2.24, 2.45) is 0 Å². The predicted molar refractivity (Wildman–Crippen MR) is 307 cm³/mol. The van der Waals surface area contributed by atoms with Crippen molar-refractivity contribution in [3.63, 3.8) is 0 Å². The molecule has 0 rings (SSSR count). The summed E-state index contributed by atoms with van der Waals surface area (Å²) in [6.45, 7) is 6.71. The van der Waals surface area contributed by atoms with Gasteiger partial charge in [0.05, 0.1) is 0 Å². The molecule has 0 radical (unpaired) electrons. The molecule has 0 amide bonds. The van der Waals surface area contributed by atoms with Gasteiger partial charge in [-0.3, -0.25) is 14.4 Å². The topological polar surface area (TPSA) is 78.9 Å². The number of allylic oxidation sites excluding steroid dienone is 2. The van der Waals surface area contributed by atoms with Crippen molar-refractivity contribution in [1.29, 1.82) is 0 Å². The van der Waals surface area contributed by atoms with E-state index in [1.165, 1.54) is 263 Å². The Morgan fingerprint density at radius 2 is 0.465 bits per heavy atom. The van der Waals surface area contributed by atoms with Crippen LogP contribution in [-0.2, 0) is 28.6 Å². The van der Waals surface area contributed by atoms with Crippen molar-refractivity contribution in [2.45, 2.75) is 374 Å². The van der Waals surface area contributed by atoms with E-state index in [-0.39, 0.29) is 31.1 Å². The van der Waals surface area contributed by atoms with Gasteiger partial charge in [-0.1, -0.05) is 315 Å². The highest BCUT2D eigenvalue weighted by Gasteiger charge is 2.19. The van der Waals surface area contributed by atoms with Gasteiger partial charge >= 0.3 is 17.9 Å². The smallest absolute Gasteiger partial charge is 0.306 e. The average Bonchev–Trinajstić information content (AvgIpc) is 3.37. The van der Waals surface area contributed by atoms with Gasteiger partial charge in [-0.25, -0.2) is 0 Å². The SMILES string of the molecule is CCCCCCCCC/C=C\CCCCCCCC(=O)OC[C@H](COC(=O)CCCCCCCCCCCCCCCCCCCCC)OC(=O)CCCCCCCCCCCCCCCCCCCC. The van der Waals surface area contributed by atoms with Crippen molar-refractivity contribution in [1.82, 2.24) is 0 Å². The molecule has 0 aliphatic rings. The molecule has 0 unspecified atom stereocenters. The van der Waals surface area contributed by atoms with E-state index in [9.17, 15) is 14.4 Å². The minimum atomic E-state index is -0.769. The van der Waals surface area contributed by atoms with Crippen LogP contribution in [0.15, 0.2) is 12.2 Å². The van der Waals surface area contributed by atoms with Gasteiger partial charge in [0.25, 0.3) is 0 Å². The molecule has 0 saturated carbocycles. The molecule has 0 heterocycles. The molecule has 6 nitrogen and oxygen atoms in total. The summed E-state index contributed by atoms with van der Waals surface area (Å²) in [5.41, 5.74) is 0. The minimum absolute atomic E-state index is 0.0659. The zero-order valence-corrected chi connectivity index (χ0v) is 48.3. The molecule has 0 aromatic rings. The average molecular weight is 1000 g/mol. The molecule has 71 heavy (non-hydrogen) atoms. The van der Waals surface area contributed by atoms with Gasteiger partial charge in [0.1, 0.15) is 13.2 Å². The fraction of sp³-hybridized carbons (Fsp3) is 0.923. The molecule has 1 atom stereocenters. The standard InChI is InChI=1S/C65H124O6/c1-4-7-10-13-16-19-22-25-28-31-33-35-37-40-43-46-49-52-55-58-64(67)70-61-62(60-69-63(66)57-54-51-48-45-42-39-36-30-27-24-21-18-15-12-9-6-3)71-65(68)59-56-53-50-47-44-41-38-34-32-29-26-23-20-17-14-11-8-5-2/h30,36,62H,4-29,31-35,37-61H2,1-3H3/b36-30-/t62-/m1/s1. The van der Waals surface area contributed by atoms with E-state index in [4.69, 9.17) is 14.2 Å². The lowest BCUT2D eigenvalue weighted by Crippen LogP contribution is -2.30. The molecule has 0 spiro atoms. The molecule has 420 valence electrons. The molecule has 0 aliphatic carbocycles. The maximum atomic E-state index is 12.9. The number of carbonyl (C=O) groups is 3. The molecular formula is C65H124O6. The second kappa shape index (κ2) is 60.7. The third kappa shape index (κ3) is 58.9. The molecule has 0 N–H and O–H groups in total. The van der Waals surface area contributed by atoms with E-state index in [2.05, 4.69) is 32.9 Å². The van der Waals surface area contributed by atoms with Gasteiger partial charge < -0.3 is 14.2 Å². The number of hydrogen-bond acceptors (Lipinski definition) is 6. The van der Waals surface area contributed by atoms with Crippen molar-refractivity contribution in [2.75, 3.05) is 13.2 Å². The Hall–Kier alpha value is -1.85. The van der Waals surface area contributed by atoms with Gasteiger partial charge in [-0.05, 0) is 44.9 Å². The third-order valence-electron chi connectivity index (χ3n) is 14.8. The zero-order valence-electron chi connectivity index (χ0n) is 48.3. The van der Waals surface area contributed by atoms with Crippen LogP contribution in [0.4, 0.5) is 0 Å². The molecule has 0 aromatic carbocycles. The Morgan fingerprint density at radius 3 is 0.704 bits per heavy atom. The van der Waals surface area contributed by atoms with Gasteiger partial charge in [0, 0.05) is 19.3 Å². The van der Waals surface area contributed by atoms with Crippen LogP contribution in [0.25, 0.3) is 0 Å². The van der Waals surface area contributed by atoms with E-state index in [1.54, 1.807) is 0 Å². The van der Waals surface area contributed by atoms with Crippen LogP contribution in [0.3, 0.4) is 0 Å². The Labute approximate surface area is 443 Å². The van der Waals surface area contributed by atoms with Gasteiger partial charge in [-0.2, -0.15) is 0 Å². The van der Waals surface area contributed by atoms with Crippen LogP contribution < -0.4 is 0 Å². The molecule has 0 bridgehead atoms. The summed E-state index contributed by atoms with van der Waals surface area (Å²) >= 11 is 0. The first kappa shape index (κ1) is 69.2. The minimum Gasteiger partial charge on any atom is -0.462 e. The molecule has 0 saturated heterocycles. The zero-order chi connectivity index (χ0) is 51.4. The summed E-state index contributed by atoms with van der Waals surface area (Å²) in [6, 6.07) is 0. The number of unbranched alkanes of at least 4 members (excludes halogenated alkanes) is 47. The first-order valence-electron chi connectivity index (χ1n) is 32.2. The van der Waals surface area contributed by atoms with Crippen molar-refractivity contribution >= 4 is 17.9 Å². The lowest BCUT2D eigenvalue weighted by Gasteiger charge is -2.18. The molecule has 0 aliphatic heterocycles. The van der Waals surface area contributed by atoms with Crippen molar-refractivity contribution in [3.8, 4) is 0 Å². The van der Waals surface area contributed by atoms with Crippen LogP contribution in [0.5, 0.6) is 0 Å². The van der Waals surface area contributed by atoms with E-state index in [0.717, 1.165) is 64.2 Å². The summed E-state index contributed by atoms with van der Waals surface area (Å²) < 4.78 is 17.0. The number of hydrogen-bond donors (Lipinski definition) is 0. The quantitative estimate of drug-likeness (QED) is 0.0261. The predicted octanol–water partition coefficient (Wildman–Crippen LogP) is 21.7. The van der Waals surface area contributed by atoms with Crippen LogP contribution in [0.1, 0.15) is 367 Å². The molecule has 6 heteroatoms. The highest BCUT2D eigenvalue weighted by atomic mass is 16.6. The highest BCUT2D eigenvalue weighted by molar-refractivity contribution is 5.71.